The second-order valence-corrected chi connectivity index (χ2v) is 7.32. The lowest BCUT2D eigenvalue weighted by Crippen LogP contribution is -2.44. The molecule has 1 atom stereocenters. The molecule has 3 heteroatoms. The van der Waals surface area contributed by atoms with E-state index in [-0.39, 0.29) is 5.91 Å². The lowest BCUT2D eigenvalue weighted by atomic mass is 9.98. The second kappa shape index (κ2) is 8.30. The average Bonchev–Trinajstić information content (AvgIpc) is 3.15. The number of hydrogen-bond acceptors (Lipinski definition) is 2. The minimum absolute atomic E-state index is 0.175. The summed E-state index contributed by atoms with van der Waals surface area (Å²) in [5.41, 5.74) is 3.19. The molecular weight excluding hydrogens is 308 g/mol. The van der Waals surface area contributed by atoms with Crippen LogP contribution in [0.25, 0.3) is 0 Å². The number of hydrogen-bond donors (Lipinski definition) is 1. The molecule has 1 aliphatic rings. The Hall–Kier alpha value is -2.13. The summed E-state index contributed by atoms with van der Waals surface area (Å²) in [5, 5.41) is 3.39. The Bertz CT molecular complexity index is 690. The molecule has 1 fully saturated rings. The summed E-state index contributed by atoms with van der Waals surface area (Å²) in [6.07, 6.45) is 1.83. The van der Waals surface area contributed by atoms with Gasteiger partial charge < -0.3 is 10.2 Å². The van der Waals surface area contributed by atoms with Crippen molar-refractivity contribution < 1.29 is 4.79 Å². The van der Waals surface area contributed by atoms with Gasteiger partial charge >= 0.3 is 0 Å². The predicted molar refractivity (Wildman–Crippen MR) is 103 cm³/mol. The molecular formula is C22H28N2O. The predicted octanol–water partition coefficient (Wildman–Crippen LogP) is 3.74. The fourth-order valence-electron chi connectivity index (χ4n) is 3.55. The van der Waals surface area contributed by atoms with E-state index in [1.165, 1.54) is 5.56 Å². The molecule has 0 saturated carbocycles. The van der Waals surface area contributed by atoms with E-state index in [4.69, 9.17) is 0 Å². The molecule has 1 N–H and O–H groups in total. The van der Waals surface area contributed by atoms with Crippen LogP contribution in [0, 0.1) is 5.92 Å². The van der Waals surface area contributed by atoms with E-state index < -0.39 is 0 Å². The molecule has 2 aromatic rings. The summed E-state index contributed by atoms with van der Waals surface area (Å²) in [7, 11) is 0. The Balaban J connectivity index is 1.87. The highest BCUT2D eigenvalue weighted by atomic mass is 16.2. The molecule has 1 aliphatic heterocycles. The van der Waals surface area contributed by atoms with E-state index in [1.807, 2.05) is 24.3 Å². The maximum Gasteiger partial charge on any atom is 0.254 e. The van der Waals surface area contributed by atoms with Crippen molar-refractivity contribution in [2.75, 3.05) is 19.6 Å². The zero-order valence-electron chi connectivity index (χ0n) is 15.2. The van der Waals surface area contributed by atoms with Crippen LogP contribution in [0.15, 0.2) is 54.6 Å². The van der Waals surface area contributed by atoms with Crippen LogP contribution < -0.4 is 5.32 Å². The van der Waals surface area contributed by atoms with Gasteiger partial charge in [0.05, 0.1) is 0 Å². The van der Waals surface area contributed by atoms with Gasteiger partial charge in [-0.25, -0.2) is 0 Å². The fraction of sp³-hybridized carbons (Fsp3) is 0.409. The van der Waals surface area contributed by atoms with Crippen molar-refractivity contribution >= 4 is 5.91 Å². The van der Waals surface area contributed by atoms with Gasteiger partial charge in [-0.1, -0.05) is 62.4 Å². The van der Waals surface area contributed by atoms with Crippen molar-refractivity contribution in [2.45, 2.75) is 32.7 Å². The zero-order chi connectivity index (χ0) is 17.6. The first-order chi connectivity index (χ1) is 12.1. The highest BCUT2D eigenvalue weighted by Crippen LogP contribution is 2.20. The Morgan fingerprint density at radius 1 is 1.12 bits per heavy atom. The van der Waals surface area contributed by atoms with Crippen LogP contribution in [0.1, 0.15) is 41.8 Å². The zero-order valence-corrected chi connectivity index (χ0v) is 15.2. The smallest absolute Gasteiger partial charge is 0.254 e. The third kappa shape index (κ3) is 4.49. The molecule has 132 valence electrons. The van der Waals surface area contributed by atoms with Gasteiger partial charge in [0.15, 0.2) is 0 Å². The summed E-state index contributed by atoms with van der Waals surface area (Å²) in [6, 6.07) is 18.7. The van der Waals surface area contributed by atoms with Gasteiger partial charge in [0.1, 0.15) is 0 Å². The summed E-state index contributed by atoms with van der Waals surface area (Å²) >= 11 is 0. The highest BCUT2D eigenvalue weighted by Gasteiger charge is 2.28. The van der Waals surface area contributed by atoms with Gasteiger partial charge in [-0.3, -0.25) is 4.79 Å². The molecule has 1 heterocycles. The minimum atomic E-state index is 0.175. The summed E-state index contributed by atoms with van der Waals surface area (Å²) < 4.78 is 0. The van der Waals surface area contributed by atoms with E-state index in [9.17, 15) is 4.79 Å². The molecule has 0 spiro atoms. The SMILES string of the molecule is CC(C)CN(C(=O)c1ccccc1Cc1ccccc1)C1CCNC1. The standard InChI is InChI=1S/C22H28N2O/c1-17(2)16-24(20-12-13-23-15-20)22(25)21-11-7-6-10-19(21)14-18-8-4-3-5-9-18/h3-11,17,20,23H,12-16H2,1-2H3. The quantitative estimate of drug-likeness (QED) is 0.871. The number of nitrogens with zero attached hydrogens (tertiary/aromatic N) is 1. The molecule has 1 amide bonds. The maximum absolute atomic E-state index is 13.4. The highest BCUT2D eigenvalue weighted by molar-refractivity contribution is 5.96. The minimum Gasteiger partial charge on any atom is -0.334 e. The molecule has 3 nitrogen and oxygen atoms in total. The fourth-order valence-corrected chi connectivity index (χ4v) is 3.55. The third-order valence-electron chi connectivity index (χ3n) is 4.78. The first kappa shape index (κ1) is 17.7. The summed E-state index contributed by atoms with van der Waals surface area (Å²) in [5.74, 6) is 0.639. The number of carbonyl (C=O) groups is 1. The van der Waals surface area contributed by atoms with Crippen LogP contribution in [0.2, 0.25) is 0 Å². The second-order valence-electron chi connectivity index (χ2n) is 7.32. The topological polar surface area (TPSA) is 32.3 Å². The van der Waals surface area contributed by atoms with Gasteiger partial charge in [0.2, 0.25) is 0 Å². The molecule has 1 saturated heterocycles. The Morgan fingerprint density at radius 2 is 1.84 bits per heavy atom. The van der Waals surface area contributed by atoms with Crippen LogP contribution in [-0.4, -0.2) is 36.5 Å². The number of carbonyl (C=O) groups excluding carboxylic acids is 1. The summed E-state index contributed by atoms with van der Waals surface area (Å²) in [6.45, 7) is 7.07. The van der Waals surface area contributed by atoms with Crippen molar-refractivity contribution in [1.29, 1.82) is 0 Å². The van der Waals surface area contributed by atoms with Crippen molar-refractivity contribution in [1.82, 2.24) is 10.2 Å². The van der Waals surface area contributed by atoms with Gasteiger partial charge in [0.25, 0.3) is 5.91 Å². The molecule has 0 bridgehead atoms. The number of benzene rings is 2. The van der Waals surface area contributed by atoms with Crippen LogP contribution in [0.4, 0.5) is 0 Å². The van der Waals surface area contributed by atoms with Crippen molar-refractivity contribution in [3.8, 4) is 0 Å². The maximum atomic E-state index is 13.4. The first-order valence-electron chi connectivity index (χ1n) is 9.28. The van der Waals surface area contributed by atoms with Crippen LogP contribution >= 0.6 is 0 Å². The molecule has 0 radical (unpaired) electrons. The van der Waals surface area contributed by atoms with Crippen LogP contribution in [-0.2, 0) is 6.42 Å². The van der Waals surface area contributed by atoms with E-state index in [1.54, 1.807) is 0 Å². The monoisotopic (exact) mass is 336 g/mol. The van der Waals surface area contributed by atoms with E-state index in [2.05, 4.69) is 54.4 Å². The van der Waals surface area contributed by atoms with Crippen LogP contribution in [0.5, 0.6) is 0 Å². The summed E-state index contributed by atoms with van der Waals surface area (Å²) in [4.78, 5) is 15.5. The Labute approximate surface area is 151 Å². The van der Waals surface area contributed by atoms with Crippen molar-refractivity contribution in [2.24, 2.45) is 5.92 Å². The molecule has 1 unspecified atom stereocenters. The molecule has 0 aromatic heterocycles. The number of amides is 1. The Kier molecular flexibility index (Phi) is 5.87. The van der Waals surface area contributed by atoms with Gasteiger partial charge in [-0.2, -0.15) is 0 Å². The lowest BCUT2D eigenvalue weighted by Gasteiger charge is -2.31. The van der Waals surface area contributed by atoms with Gasteiger partial charge in [0, 0.05) is 24.7 Å². The molecule has 25 heavy (non-hydrogen) atoms. The van der Waals surface area contributed by atoms with Crippen molar-refractivity contribution in [3.05, 3.63) is 71.3 Å². The van der Waals surface area contributed by atoms with E-state index >= 15 is 0 Å². The molecule has 0 aliphatic carbocycles. The van der Waals surface area contributed by atoms with Gasteiger partial charge in [-0.15, -0.1) is 0 Å². The average molecular weight is 336 g/mol. The third-order valence-corrected chi connectivity index (χ3v) is 4.78. The lowest BCUT2D eigenvalue weighted by molar-refractivity contribution is 0.0666. The largest absolute Gasteiger partial charge is 0.334 e. The van der Waals surface area contributed by atoms with Gasteiger partial charge in [-0.05, 0) is 42.5 Å². The Morgan fingerprint density at radius 3 is 2.52 bits per heavy atom. The van der Waals surface area contributed by atoms with Crippen LogP contribution in [0.3, 0.4) is 0 Å². The number of nitrogens with one attached hydrogen (secondary N) is 1. The number of rotatable bonds is 6. The van der Waals surface area contributed by atoms with Crippen molar-refractivity contribution in [3.63, 3.8) is 0 Å². The molecule has 3 rings (SSSR count). The van der Waals surface area contributed by atoms with E-state index in [0.717, 1.165) is 43.6 Å². The normalized spacial score (nSPS) is 17.0. The van der Waals surface area contributed by atoms with E-state index in [0.29, 0.717) is 12.0 Å². The first-order valence-corrected chi connectivity index (χ1v) is 9.28. The molecule has 2 aromatic carbocycles.